The summed E-state index contributed by atoms with van der Waals surface area (Å²) in [6.45, 7) is 1.49. The van der Waals surface area contributed by atoms with Crippen LogP contribution in [0.1, 0.15) is 44.1 Å². The standard InChI is InChI=1S/C17H27N3O3/c1-18-15-9-8-13(11-16(15)20(22)23)12-19-10-4-6-14-5-2-3-7-17(14)21/h8-9,11,14,17-19,21H,2-7,10,12H2,1H3. The lowest BCUT2D eigenvalue weighted by Crippen LogP contribution is -2.25. The number of nitrogens with one attached hydrogen (secondary N) is 2. The van der Waals surface area contributed by atoms with Gasteiger partial charge in [0.05, 0.1) is 11.0 Å². The van der Waals surface area contributed by atoms with E-state index < -0.39 is 0 Å². The smallest absolute Gasteiger partial charge is 0.292 e. The Morgan fingerprint density at radius 1 is 1.35 bits per heavy atom. The van der Waals surface area contributed by atoms with Gasteiger partial charge >= 0.3 is 0 Å². The van der Waals surface area contributed by atoms with Gasteiger partial charge in [0.1, 0.15) is 5.69 Å². The van der Waals surface area contributed by atoms with E-state index >= 15 is 0 Å². The molecule has 6 nitrogen and oxygen atoms in total. The number of rotatable bonds is 8. The van der Waals surface area contributed by atoms with Crippen LogP contribution in [0.2, 0.25) is 0 Å². The van der Waals surface area contributed by atoms with Gasteiger partial charge in [0.2, 0.25) is 0 Å². The summed E-state index contributed by atoms with van der Waals surface area (Å²) in [5.74, 6) is 0.446. The molecule has 1 aromatic carbocycles. The lowest BCUT2D eigenvalue weighted by Gasteiger charge is -2.27. The van der Waals surface area contributed by atoms with Crippen molar-refractivity contribution in [2.45, 2.75) is 51.2 Å². The molecule has 0 amide bonds. The molecule has 0 saturated heterocycles. The van der Waals surface area contributed by atoms with E-state index in [1.54, 1.807) is 19.2 Å². The van der Waals surface area contributed by atoms with Gasteiger partial charge in [0.15, 0.2) is 0 Å². The van der Waals surface area contributed by atoms with Gasteiger partial charge in [0, 0.05) is 19.7 Å². The fourth-order valence-corrected chi connectivity index (χ4v) is 3.30. The van der Waals surface area contributed by atoms with Crippen molar-refractivity contribution in [3.8, 4) is 0 Å². The van der Waals surface area contributed by atoms with E-state index in [0.717, 1.165) is 44.2 Å². The molecule has 0 bridgehead atoms. The van der Waals surface area contributed by atoms with Crippen LogP contribution in [0.5, 0.6) is 0 Å². The van der Waals surface area contributed by atoms with Gasteiger partial charge in [-0.25, -0.2) is 0 Å². The van der Waals surface area contributed by atoms with Crippen LogP contribution in [0, 0.1) is 16.0 Å². The molecule has 0 spiro atoms. The molecule has 0 radical (unpaired) electrons. The van der Waals surface area contributed by atoms with Crippen LogP contribution < -0.4 is 10.6 Å². The molecule has 23 heavy (non-hydrogen) atoms. The van der Waals surface area contributed by atoms with Crippen LogP contribution >= 0.6 is 0 Å². The third-order valence-corrected chi connectivity index (χ3v) is 4.65. The summed E-state index contributed by atoms with van der Waals surface area (Å²) in [6, 6.07) is 5.26. The zero-order chi connectivity index (χ0) is 16.7. The summed E-state index contributed by atoms with van der Waals surface area (Å²) < 4.78 is 0. The lowest BCUT2D eigenvalue weighted by atomic mass is 9.83. The summed E-state index contributed by atoms with van der Waals surface area (Å²) in [6.07, 6.45) is 6.41. The van der Waals surface area contributed by atoms with Crippen LogP contribution in [-0.2, 0) is 6.54 Å². The number of nitrogens with zero attached hydrogens (tertiary/aromatic N) is 1. The maximum Gasteiger partial charge on any atom is 0.292 e. The molecular weight excluding hydrogens is 294 g/mol. The first kappa shape index (κ1) is 17.7. The highest BCUT2D eigenvalue weighted by atomic mass is 16.6. The average Bonchev–Trinajstić information content (AvgIpc) is 2.56. The minimum atomic E-state index is -0.361. The molecule has 2 atom stereocenters. The van der Waals surface area contributed by atoms with Crippen LogP contribution in [-0.4, -0.2) is 29.7 Å². The largest absolute Gasteiger partial charge is 0.393 e. The highest BCUT2D eigenvalue weighted by Gasteiger charge is 2.22. The number of aliphatic hydroxyl groups is 1. The van der Waals surface area contributed by atoms with Crippen molar-refractivity contribution in [2.24, 2.45) is 5.92 Å². The third kappa shape index (κ3) is 5.18. The first-order valence-corrected chi connectivity index (χ1v) is 8.45. The van der Waals surface area contributed by atoms with Gasteiger partial charge in [0.25, 0.3) is 5.69 Å². The monoisotopic (exact) mass is 321 g/mol. The molecule has 128 valence electrons. The van der Waals surface area contributed by atoms with Crippen molar-refractivity contribution in [1.29, 1.82) is 0 Å². The molecule has 1 aliphatic rings. The molecule has 0 heterocycles. The maximum atomic E-state index is 11.0. The second-order valence-corrected chi connectivity index (χ2v) is 6.29. The molecule has 1 aromatic rings. The fraction of sp³-hybridized carbons (Fsp3) is 0.647. The van der Waals surface area contributed by atoms with E-state index in [2.05, 4.69) is 10.6 Å². The van der Waals surface area contributed by atoms with Crippen LogP contribution in [0.4, 0.5) is 11.4 Å². The Kier molecular flexibility index (Phi) is 6.80. The Labute approximate surface area is 137 Å². The predicted octanol–water partition coefficient (Wildman–Crippen LogP) is 3.06. The van der Waals surface area contributed by atoms with E-state index in [-0.39, 0.29) is 16.7 Å². The van der Waals surface area contributed by atoms with E-state index in [0.29, 0.717) is 18.2 Å². The first-order chi connectivity index (χ1) is 11.1. The number of nitro groups is 1. The average molecular weight is 321 g/mol. The van der Waals surface area contributed by atoms with E-state index in [4.69, 9.17) is 0 Å². The maximum absolute atomic E-state index is 11.0. The molecular formula is C17H27N3O3. The van der Waals surface area contributed by atoms with Crippen molar-refractivity contribution < 1.29 is 10.0 Å². The first-order valence-electron chi connectivity index (χ1n) is 8.45. The quantitative estimate of drug-likeness (QED) is 0.389. The summed E-state index contributed by atoms with van der Waals surface area (Å²) in [4.78, 5) is 10.7. The molecule has 6 heteroatoms. The number of nitro benzene ring substituents is 1. The normalized spacial score (nSPS) is 21.1. The minimum Gasteiger partial charge on any atom is -0.393 e. The summed E-state index contributed by atoms with van der Waals surface area (Å²) >= 11 is 0. The molecule has 3 N–H and O–H groups in total. The van der Waals surface area contributed by atoms with Crippen molar-refractivity contribution in [2.75, 3.05) is 18.9 Å². The highest BCUT2D eigenvalue weighted by Crippen LogP contribution is 2.28. The third-order valence-electron chi connectivity index (χ3n) is 4.65. The second-order valence-electron chi connectivity index (χ2n) is 6.29. The fourth-order valence-electron chi connectivity index (χ4n) is 3.30. The Hall–Kier alpha value is -1.66. The highest BCUT2D eigenvalue weighted by molar-refractivity contribution is 5.62. The Balaban J connectivity index is 1.73. The Morgan fingerprint density at radius 2 is 2.13 bits per heavy atom. The van der Waals surface area contributed by atoms with E-state index in [1.165, 1.54) is 6.42 Å². The van der Waals surface area contributed by atoms with Gasteiger partial charge in [-0.1, -0.05) is 18.9 Å². The van der Waals surface area contributed by atoms with Crippen molar-refractivity contribution in [3.05, 3.63) is 33.9 Å². The van der Waals surface area contributed by atoms with Crippen LogP contribution in [0.25, 0.3) is 0 Å². The van der Waals surface area contributed by atoms with Gasteiger partial charge in [-0.3, -0.25) is 10.1 Å². The van der Waals surface area contributed by atoms with Gasteiger partial charge in [-0.2, -0.15) is 0 Å². The SMILES string of the molecule is CNc1ccc(CNCCCC2CCCCC2O)cc1[N+](=O)[O-]. The van der Waals surface area contributed by atoms with E-state index in [9.17, 15) is 15.2 Å². The van der Waals surface area contributed by atoms with Crippen molar-refractivity contribution in [3.63, 3.8) is 0 Å². The predicted molar refractivity (Wildman–Crippen MR) is 91.5 cm³/mol. The Morgan fingerprint density at radius 3 is 2.83 bits per heavy atom. The number of benzene rings is 1. The summed E-state index contributed by atoms with van der Waals surface area (Å²) in [5, 5.41) is 27.2. The van der Waals surface area contributed by atoms with E-state index in [1.807, 2.05) is 6.07 Å². The second kappa shape index (κ2) is 8.84. The number of aliphatic hydroxyl groups excluding tert-OH is 1. The molecule has 1 saturated carbocycles. The number of anilines is 1. The summed E-state index contributed by atoms with van der Waals surface area (Å²) in [5.41, 5.74) is 1.55. The summed E-state index contributed by atoms with van der Waals surface area (Å²) in [7, 11) is 1.68. The van der Waals surface area contributed by atoms with Gasteiger partial charge in [-0.05, 0) is 49.8 Å². The molecule has 1 fully saturated rings. The van der Waals surface area contributed by atoms with Crippen molar-refractivity contribution in [1.82, 2.24) is 5.32 Å². The molecule has 2 unspecified atom stereocenters. The van der Waals surface area contributed by atoms with Crippen LogP contribution in [0.15, 0.2) is 18.2 Å². The minimum absolute atomic E-state index is 0.108. The molecule has 1 aliphatic carbocycles. The Bertz CT molecular complexity index is 522. The zero-order valence-corrected chi connectivity index (χ0v) is 13.8. The van der Waals surface area contributed by atoms with Crippen molar-refractivity contribution >= 4 is 11.4 Å². The lowest BCUT2D eigenvalue weighted by molar-refractivity contribution is -0.384. The molecule has 2 rings (SSSR count). The topological polar surface area (TPSA) is 87.4 Å². The number of hydrogen-bond donors (Lipinski definition) is 3. The van der Waals surface area contributed by atoms with Gasteiger partial charge < -0.3 is 15.7 Å². The molecule has 0 aromatic heterocycles. The number of hydrogen-bond acceptors (Lipinski definition) is 5. The zero-order valence-electron chi connectivity index (χ0n) is 13.8. The van der Waals surface area contributed by atoms with Crippen LogP contribution in [0.3, 0.4) is 0 Å². The van der Waals surface area contributed by atoms with Gasteiger partial charge in [-0.15, -0.1) is 0 Å². The molecule has 0 aliphatic heterocycles.